The van der Waals surface area contributed by atoms with E-state index in [0.29, 0.717) is 6.42 Å². The molecule has 0 aromatic heterocycles. The Morgan fingerprint density at radius 3 is 1.38 bits per heavy atom. The van der Waals surface area contributed by atoms with Gasteiger partial charge in [-0.2, -0.15) is 0 Å². The van der Waals surface area contributed by atoms with E-state index in [9.17, 15) is 4.79 Å². The molecule has 0 amide bonds. The molecule has 6 N–H and O–H groups in total. The van der Waals surface area contributed by atoms with Gasteiger partial charge in [-0.15, -0.1) is 12.4 Å². The van der Waals surface area contributed by atoms with Crippen molar-refractivity contribution in [3.63, 3.8) is 0 Å². The first-order valence-electron chi connectivity index (χ1n) is 11.1. The summed E-state index contributed by atoms with van der Waals surface area (Å²) in [5.74, 6) is 1.09. The molecule has 1 aliphatic rings. The number of carbonyl (C=O) groups excluding carboxylic acids is 1. The van der Waals surface area contributed by atoms with E-state index >= 15 is 0 Å². The lowest BCUT2D eigenvalue weighted by Crippen LogP contribution is -1.96. The van der Waals surface area contributed by atoms with Crippen molar-refractivity contribution in [2.75, 3.05) is 20.3 Å². The maximum Gasteiger partial charge on any atom is 0.159 e. The number of aliphatic hydroxyl groups is 2. The number of carbonyl (C=O) groups is 1. The fourth-order valence-corrected chi connectivity index (χ4v) is 1.35. The predicted molar refractivity (Wildman–Crippen MR) is 153 cm³/mol. The number of aliphatic hydroxyl groups excluding tert-OH is 2. The second kappa shape index (κ2) is 44.4. The van der Waals surface area contributed by atoms with Gasteiger partial charge in [-0.3, -0.25) is 4.79 Å². The van der Waals surface area contributed by atoms with Crippen LogP contribution in [0, 0.1) is 5.92 Å². The van der Waals surface area contributed by atoms with E-state index < -0.39 is 0 Å². The van der Waals surface area contributed by atoms with Crippen LogP contribution in [0.5, 0.6) is 0 Å². The summed E-state index contributed by atoms with van der Waals surface area (Å²) in [6.07, 6.45) is 7.71. The molecule has 34 heavy (non-hydrogen) atoms. The Kier molecular flexibility index (Phi) is 59.1. The van der Waals surface area contributed by atoms with E-state index in [1.165, 1.54) is 0 Å². The number of halogens is 1. The van der Waals surface area contributed by atoms with Crippen LogP contribution in [0.25, 0.3) is 6.08 Å². The van der Waals surface area contributed by atoms with Gasteiger partial charge >= 0.3 is 0 Å². The number of allylic oxidation sites excluding steroid dienone is 2. The number of benzene rings is 2. The Morgan fingerprint density at radius 2 is 1.18 bits per heavy atom. The first-order chi connectivity index (χ1) is 15.5. The second-order valence-electron chi connectivity index (χ2n) is 6.36. The van der Waals surface area contributed by atoms with Gasteiger partial charge in [-0.05, 0) is 24.1 Å². The summed E-state index contributed by atoms with van der Waals surface area (Å²) in [5, 5.41) is 15.4. The van der Waals surface area contributed by atoms with Gasteiger partial charge in [-0.1, -0.05) is 127 Å². The van der Waals surface area contributed by atoms with Crippen molar-refractivity contribution in [2.45, 2.75) is 48.0 Å². The zero-order valence-electron chi connectivity index (χ0n) is 22.1. The molecule has 2 aromatic rings. The van der Waals surface area contributed by atoms with Gasteiger partial charge in [0.05, 0.1) is 6.61 Å². The highest BCUT2D eigenvalue weighted by Gasteiger charge is 1.98. The third-order valence-electron chi connectivity index (χ3n) is 2.50. The van der Waals surface area contributed by atoms with E-state index in [0.717, 1.165) is 25.1 Å². The van der Waals surface area contributed by atoms with Crippen LogP contribution in [0.15, 0.2) is 85.0 Å². The lowest BCUT2D eigenvalue weighted by atomic mass is 10.1. The second-order valence-corrected chi connectivity index (χ2v) is 6.36. The highest BCUT2D eigenvalue weighted by molar-refractivity contribution is 5.96. The molecule has 2 aromatic carbocycles. The van der Waals surface area contributed by atoms with Crippen molar-refractivity contribution in [1.29, 1.82) is 0 Å². The van der Waals surface area contributed by atoms with Crippen LogP contribution in [0.3, 0.4) is 0 Å². The van der Waals surface area contributed by atoms with Crippen LogP contribution in [0.4, 0.5) is 0 Å². The molecule has 0 atom stereocenters. The number of nitrogens with two attached hydrogens (primary N) is 1. The summed E-state index contributed by atoms with van der Waals surface area (Å²) in [6.45, 7) is 13.3. The van der Waals surface area contributed by atoms with Crippen molar-refractivity contribution in [2.24, 2.45) is 11.7 Å². The zero-order valence-corrected chi connectivity index (χ0v) is 23.0. The number of hydrogen-bond acceptors (Lipinski definition) is 4. The third-order valence-corrected chi connectivity index (χ3v) is 2.50. The summed E-state index contributed by atoms with van der Waals surface area (Å²) in [5.41, 5.74) is 5.97. The minimum atomic E-state index is 0. The molecule has 0 radical (unpaired) electrons. The van der Waals surface area contributed by atoms with Crippen LogP contribution >= 0.6 is 12.4 Å². The first kappa shape index (κ1) is 45.3. The fourth-order valence-electron chi connectivity index (χ4n) is 1.35. The van der Waals surface area contributed by atoms with Gasteiger partial charge in [0.2, 0.25) is 0 Å². The van der Waals surface area contributed by atoms with Crippen LogP contribution in [-0.4, -0.2) is 41.7 Å². The Balaban J connectivity index is -0.0000000721. The van der Waals surface area contributed by atoms with E-state index in [-0.39, 0.29) is 30.3 Å². The molecular formula is C28H50ClNO4. The molecule has 0 heterocycles. The van der Waals surface area contributed by atoms with Crippen LogP contribution in [-0.2, 0) is 4.79 Å². The molecule has 0 unspecified atom stereocenters. The smallest absolute Gasteiger partial charge is 0.159 e. The largest absolute Gasteiger partial charge is 0.412 e. The predicted octanol–water partition coefficient (Wildman–Crippen LogP) is 5.75. The Bertz CT molecular complexity index is 589. The molecule has 5 nitrogen and oxygen atoms in total. The van der Waals surface area contributed by atoms with Gasteiger partial charge in [0, 0.05) is 13.5 Å². The van der Waals surface area contributed by atoms with Gasteiger partial charge in [0.15, 0.2) is 5.78 Å². The standard InChI is InChI=1S/C9H10O.C6H6.C4H4O.C4H10.C2H7N.C2H6.CH4O.ClH.H2O/c10-8-4-7-9-5-2-1-3-6-9;1-2-4-6-5-3-1;5-4-2-1-3-4;1-4(2)3;1-2-3;2*1-2;;/h1-7,10H,8H2;1-6H;1-2H,3H2;4H,1-3H3;2-3H2,1H3;1-2H3;2H,1H3;1H;1H2/b7-4+;;;;;;;;. The zero-order chi connectivity index (χ0) is 25.5. The lowest BCUT2D eigenvalue weighted by molar-refractivity contribution is -0.115. The summed E-state index contributed by atoms with van der Waals surface area (Å²) < 4.78 is 0. The monoisotopic (exact) mass is 499 g/mol. The summed E-state index contributed by atoms with van der Waals surface area (Å²) in [6, 6.07) is 21.9. The van der Waals surface area contributed by atoms with Gasteiger partial charge in [0.1, 0.15) is 0 Å². The quantitative estimate of drug-likeness (QED) is 0.487. The number of rotatable bonds is 2. The summed E-state index contributed by atoms with van der Waals surface area (Å²) in [7, 11) is 1.00. The molecule has 6 heteroatoms. The Hall–Kier alpha value is -2.28. The summed E-state index contributed by atoms with van der Waals surface area (Å²) >= 11 is 0. The lowest BCUT2D eigenvalue weighted by Gasteiger charge is -1.92. The molecule has 3 rings (SSSR count). The van der Waals surface area contributed by atoms with Crippen molar-refractivity contribution in [3.05, 3.63) is 90.5 Å². The topological polar surface area (TPSA) is 115 Å². The Labute approximate surface area is 215 Å². The normalized spacial score (nSPS) is 9.21. The molecule has 198 valence electrons. The van der Waals surface area contributed by atoms with E-state index in [1.54, 1.807) is 12.2 Å². The first-order valence-corrected chi connectivity index (χ1v) is 11.1. The number of hydrogen-bond donors (Lipinski definition) is 3. The maximum atomic E-state index is 9.81. The van der Waals surface area contributed by atoms with Crippen molar-refractivity contribution in [1.82, 2.24) is 0 Å². The van der Waals surface area contributed by atoms with Gasteiger partial charge in [-0.25, -0.2) is 0 Å². The fraction of sp³-hybridized carbons (Fsp3) is 0.393. The minimum absolute atomic E-state index is 0. The summed E-state index contributed by atoms with van der Waals surface area (Å²) in [4.78, 5) is 9.81. The maximum absolute atomic E-state index is 9.81. The molecule has 0 saturated heterocycles. The van der Waals surface area contributed by atoms with Crippen LogP contribution in [0.2, 0.25) is 0 Å². The molecule has 0 bridgehead atoms. The molecule has 0 fully saturated rings. The highest BCUT2D eigenvalue weighted by Crippen LogP contribution is 1.99. The van der Waals surface area contributed by atoms with Crippen molar-refractivity contribution in [3.8, 4) is 0 Å². The average Bonchev–Trinajstić information content (AvgIpc) is 2.82. The van der Waals surface area contributed by atoms with E-state index in [2.05, 4.69) is 20.8 Å². The van der Waals surface area contributed by atoms with Crippen molar-refractivity contribution < 1.29 is 20.5 Å². The highest BCUT2D eigenvalue weighted by atomic mass is 35.5. The average molecular weight is 500 g/mol. The minimum Gasteiger partial charge on any atom is -0.412 e. The molecule has 0 saturated carbocycles. The Morgan fingerprint density at radius 1 is 0.912 bits per heavy atom. The van der Waals surface area contributed by atoms with E-state index in [1.807, 2.05) is 99.7 Å². The number of ketones is 1. The van der Waals surface area contributed by atoms with E-state index in [4.69, 9.17) is 15.9 Å². The SMILES string of the molecule is CC.CC(C)C.CCN.CO.Cl.O.O=C1C=CC1.OC/C=C/c1ccccc1.c1ccccc1. The van der Waals surface area contributed by atoms with Crippen molar-refractivity contribution >= 4 is 24.3 Å². The van der Waals surface area contributed by atoms with Gasteiger partial charge < -0.3 is 21.4 Å². The van der Waals surface area contributed by atoms with Crippen LogP contribution < -0.4 is 5.73 Å². The third kappa shape index (κ3) is 52.0. The van der Waals surface area contributed by atoms with Gasteiger partial charge in [0.25, 0.3) is 0 Å². The molecular weight excluding hydrogens is 450 g/mol. The van der Waals surface area contributed by atoms with Crippen LogP contribution in [0.1, 0.15) is 53.5 Å². The molecule has 1 aliphatic carbocycles. The molecule has 0 aliphatic heterocycles. The molecule has 0 spiro atoms.